The Balaban J connectivity index is 5.26. The van der Waals surface area contributed by atoms with Crippen LogP contribution >= 0.6 is 15.6 Å². The SMILES string of the molecule is CCCCCC/C=C\C=C/CCCCCCCC(=O)O[C@H](COC(=O)CCCCCCCCC(C)C)COP(=O)(O)OC[C@H](O)COP(=O)(O)OC[C@@H](COC(=O)CCCCCCCCCCCCCCC(C)C)OC(=O)CCCCCCCCCCCCCCCCCCC(C)C. The van der Waals surface area contributed by atoms with E-state index in [1.54, 1.807) is 0 Å². The summed E-state index contributed by atoms with van der Waals surface area (Å²) in [7, 11) is -9.93. The quantitative estimate of drug-likeness (QED) is 0.0169. The summed E-state index contributed by atoms with van der Waals surface area (Å²) in [6.07, 6.45) is 59.2. The normalized spacial score (nSPS) is 14.2. The number of aliphatic hydroxyl groups excluding tert-OH is 1. The van der Waals surface area contributed by atoms with Crippen LogP contribution in [0.1, 0.15) is 382 Å². The van der Waals surface area contributed by atoms with E-state index in [2.05, 4.69) is 72.8 Å². The predicted octanol–water partition coefficient (Wildman–Crippen LogP) is 22.9. The van der Waals surface area contributed by atoms with Gasteiger partial charge in [0.25, 0.3) is 0 Å². The first-order chi connectivity index (χ1) is 47.2. The monoisotopic (exact) mass is 1430 g/mol. The highest BCUT2D eigenvalue weighted by atomic mass is 31.2. The maximum Gasteiger partial charge on any atom is 0.472 e. The van der Waals surface area contributed by atoms with Gasteiger partial charge in [0, 0.05) is 25.7 Å². The summed E-state index contributed by atoms with van der Waals surface area (Å²) in [4.78, 5) is 72.9. The molecule has 5 atom stereocenters. The number of phosphoric ester groups is 2. The summed E-state index contributed by atoms with van der Waals surface area (Å²) < 4.78 is 68.5. The molecule has 3 N–H and O–H groups in total. The van der Waals surface area contributed by atoms with Crippen molar-refractivity contribution in [3.8, 4) is 0 Å². The first-order valence-corrected chi connectivity index (χ1v) is 43.2. The molecular formula is C79H150O17P2. The van der Waals surface area contributed by atoms with E-state index in [0.717, 1.165) is 121 Å². The van der Waals surface area contributed by atoms with Crippen LogP contribution < -0.4 is 0 Å². The minimum Gasteiger partial charge on any atom is -0.462 e. The van der Waals surface area contributed by atoms with Crippen molar-refractivity contribution in [2.24, 2.45) is 17.8 Å². The lowest BCUT2D eigenvalue weighted by molar-refractivity contribution is -0.161. The minimum absolute atomic E-state index is 0.0838. The number of aliphatic hydroxyl groups is 1. The van der Waals surface area contributed by atoms with Gasteiger partial charge in [-0.15, -0.1) is 0 Å². The van der Waals surface area contributed by atoms with Gasteiger partial charge in [-0.2, -0.15) is 0 Å². The predicted molar refractivity (Wildman–Crippen MR) is 400 cm³/mol. The van der Waals surface area contributed by atoms with Crippen LogP contribution in [0, 0.1) is 17.8 Å². The summed E-state index contributed by atoms with van der Waals surface area (Å²) in [5.74, 6) is 0.118. The molecule has 98 heavy (non-hydrogen) atoms. The Morgan fingerprint density at radius 2 is 0.551 bits per heavy atom. The van der Waals surface area contributed by atoms with E-state index in [1.807, 2.05) is 0 Å². The molecule has 0 aliphatic carbocycles. The average molecular weight is 1430 g/mol. The second kappa shape index (κ2) is 68.9. The van der Waals surface area contributed by atoms with Crippen molar-refractivity contribution in [2.75, 3.05) is 39.6 Å². The van der Waals surface area contributed by atoms with Gasteiger partial charge in [0.05, 0.1) is 26.4 Å². The largest absolute Gasteiger partial charge is 0.472 e. The smallest absolute Gasteiger partial charge is 0.462 e. The summed E-state index contributed by atoms with van der Waals surface area (Å²) in [5, 5.41) is 10.6. The lowest BCUT2D eigenvalue weighted by Crippen LogP contribution is -2.30. The van der Waals surface area contributed by atoms with Gasteiger partial charge >= 0.3 is 39.5 Å². The zero-order valence-electron chi connectivity index (χ0n) is 63.7. The molecule has 19 heteroatoms. The molecule has 0 radical (unpaired) electrons. The van der Waals surface area contributed by atoms with Crippen molar-refractivity contribution < 1.29 is 80.2 Å². The van der Waals surface area contributed by atoms with E-state index >= 15 is 0 Å². The number of allylic oxidation sites excluding steroid dienone is 4. The van der Waals surface area contributed by atoms with Gasteiger partial charge in [-0.25, -0.2) is 9.13 Å². The third-order valence-electron chi connectivity index (χ3n) is 17.8. The van der Waals surface area contributed by atoms with Crippen molar-refractivity contribution in [2.45, 2.75) is 401 Å². The Morgan fingerprint density at radius 3 is 0.827 bits per heavy atom. The molecule has 0 amide bonds. The van der Waals surface area contributed by atoms with Crippen molar-refractivity contribution in [1.29, 1.82) is 0 Å². The van der Waals surface area contributed by atoms with Crippen LogP contribution in [0.15, 0.2) is 24.3 Å². The molecule has 2 unspecified atom stereocenters. The van der Waals surface area contributed by atoms with Gasteiger partial charge in [0.1, 0.15) is 19.3 Å². The summed E-state index contributed by atoms with van der Waals surface area (Å²) in [6.45, 7) is 11.8. The van der Waals surface area contributed by atoms with Crippen LogP contribution in [0.2, 0.25) is 0 Å². The van der Waals surface area contributed by atoms with E-state index in [1.165, 1.54) is 173 Å². The zero-order chi connectivity index (χ0) is 72.3. The number of carbonyl (C=O) groups is 4. The number of hydrogen-bond donors (Lipinski definition) is 3. The summed E-state index contributed by atoms with van der Waals surface area (Å²) in [5.41, 5.74) is 0. The Labute approximate surface area is 599 Å². The van der Waals surface area contributed by atoms with Crippen LogP contribution in [-0.4, -0.2) is 96.7 Å². The number of unbranched alkanes of at least 4 members (excludes halogenated alkanes) is 40. The molecular weight excluding hydrogens is 1280 g/mol. The molecule has 0 heterocycles. The van der Waals surface area contributed by atoms with E-state index in [0.29, 0.717) is 31.6 Å². The van der Waals surface area contributed by atoms with Crippen molar-refractivity contribution >= 4 is 39.5 Å². The van der Waals surface area contributed by atoms with E-state index in [4.69, 9.17) is 37.0 Å². The second-order valence-corrected chi connectivity index (χ2v) is 32.1. The highest BCUT2D eigenvalue weighted by Crippen LogP contribution is 2.45. The van der Waals surface area contributed by atoms with E-state index < -0.39 is 97.5 Å². The van der Waals surface area contributed by atoms with Gasteiger partial charge in [-0.05, 0) is 69.1 Å². The number of phosphoric acid groups is 2. The van der Waals surface area contributed by atoms with Gasteiger partial charge in [-0.3, -0.25) is 37.3 Å². The molecule has 0 saturated carbocycles. The van der Waals surface area contributed by atoms with Crippen molar-refractivity contribution in [1.82, 2.24) is 0 Å². The lowest BCUT2D eigenvalue weighted by atomic mass is 10.0. The molecule has 17 nitrogen and oxygen atoms in total. The van der Waals surface area contributed by atoms with E-state index in [9.17, 15) is 43.2 Å². The first kappa shape index (κ1) is 95.5. The Bertz CT molecular complexity index is 2000. The molecule has 578 valence electrons. The molecule has 0 aliphatic heterocycles. The highest BCUT2D eigenvalue weighted by molar-refractivity contribution is 7.47. The van der Waals surface area contributed by atoms with Crippen LogP contribution in [0.5, 0.6) is 0 Å². The van der Waals surface area contributed by atoms with E-state index in [-0.39, 0.29) is 25.7 Å². The van der Waals surface area contributed by atoms with Crippen molar-refractivity contribution in [3.63, 3.8) is 0 Å². The molecule has 0 aromatic carbocycles. The topological polar surface area (TPSA) is 237 Å². The van der Waals surface area contributed by atoms with Crippen LogP contribution in [-0.2, 0) is 65.4 Å². The Hall–Kier alpha value is -2.46. The molecule has 0 aliphatic rings. The second-order valence-electron chi connectivity index (χ2n) is 29.2. The van der Waals surface area contributed by atoms with Crippen LogP contribution in [0.3, 0.4) is 0 Å². The molecule has 0 saturated heterocycles. The summed E-state index contributed by atoms with van der Waals surface area (Å²) >= 11 is 0. The molecule has 0 rings (SSSR count). The average Bonchev–Trinajstić information content (AvgIpc) is 0.952. The fourth-order valence-corrected chi connectivity index (χ4v) is 13.2. The van der Waals surface area contributed by atoms with Gasteiger partial charge in [-0.1, -0.05) is 330 Å². The Morgan fingerprint density at radius 1 is 0.316 bits per heavy atom. The molecule has 0 aromatic rings. The maximum atomic E-state index is 13.1. The van der Waals surface area contributed by atoms with Gasteiger partial charge < -0.3 is 33.8 Å². The molecule has 0 spiro atoms. The molecule has 0 aromatic heterocycles. The number of ether oxygens (including phenoxy) is 4. The highest BCUT2D eigenvalue weighted by Gasteiger charge is 2.30. The number of carbonyl (C=O) groups excluding carboxylic acids is 4. The number of esters is 4. The summed E-state index contributed by atoms with van der Waals surface area (Å²) in [6, 6.07) is 0. The maximum absolute atomic E-state index is 13.1. The third kappa shape index (κ3) is 71.9. The lowest BCUT2D eigenvalue weighted by Gasteiger charge is -2.21. The van der Waals surface area contributed by atoms with Gasteiger partial charge in [0.2, 0.25) is 0 Å². The number of hydrogen-bond acceptors (Lipinski definition) is 15. The zero-order valence-corrected chi connectivity index (χ0v) is 65.5. The molecule has 0 fully saturated rings. The fourth-order valence-electron chi connectivity index (χ4n) is 11.6. The standard InChI is InChI=1S/C79H150O17P2/c1-8-9-10-11-12-13-14-15-18-22-29-34-39-48-55-63-79(84)96-75(67-90-77(82)61-54-47-42-41-45-52-59-72(6)7)69-94-98(87,88)92-65-73(80)64-91-97(85,86)93-68-74(66-89-76(81)60-53-46-38-33-28-25-24-27-32-37-44-51-58-71(4)5)95-78(83)62-56-49-40-35-30-23-20-17-16-19-21-26-31-36-43-50-57-70(2)3/h13-15,18,70-75,80H,8-12,16-17,19-69H2,1-7H3,(H,85,86)(H,87,88)/b14-13-,18-15-/t73-,74-,75-/m1/s1. The van der Waals surface area contributed by atoms with Crippen LogP contribution in [0.25, 0.3) is 0 Å². The minimum atomic E-state index is -4.96. The number of rotatable bonds is 75. The van der Waals surface area contributed by atoms with Gasteiger partial charge in [0.15, 0.2) is 12.2 Å². The van der Waals surface area contributed by atoms with Crippen LogP contribution in [0.4, 0.5) is 0 Å². The Kier molecular flexibility index (Phi) is 67.2. The third-order valence-corrected chi connectivity index (χ3v) is 19.7. The molecule has 0 bridgehead atoms. The van der Waals surface area contributed by atoms with Crippen molar-refractivity contribution in [3.05, 3.63) is 24.3 Å². The fraction of sp³-hybridized carbons (Fsp3) is 0.899. The first-order valence-electron chi connectivity index (χ1n) is 40.2.